The molecule has 8 heteroatoms. The number of halogens is 3. The van der Waals surface area contributed by atoms with E-state index >= 15 is 0 Å². The van der Waals surface area contributed by atoms with Crippen molar-refractivity contribution in [3.05, 3.63) is 57.3 Å². The zero-order chi connectivity index (χ0) is 15.6. The van der Waals surface area contributed by atoms with Crippen LogP contribution in [0.25, 0.3) is 0 Å². The third-order valence-corrected chi connectivity index (χ3v) is 5.04. The fourth-order valence-electron chi connectivity index (χ4n) is 1.57. The van der Waals surface area contributed by atoms with Crippen molar-refractivity contribution < 1.29 is 12.8 Å². The Kier molecular flexibility index (Phi) is 4.52. The van der Waals surface area contributed by atoms with Gasteiger partial charge in [0, 0.05) is 4.47 Å². The van der Waals surface area contributed by atoms with Crippen molar-refractivity contribution in [2.75, 3.05) is 4.72 Å². The highest BCUT2D eigenvalue weighted by Gasteiger charge is 2.21. The Labute approximate surface area is 134 Å². The average Bonchev–Trinajstić information content (AvgIpc) is 2.42. The molecule has 0 bridgehead atoms. The van der Waals surface area contributed by atoms with Crippen LogP contribution >= 0.6 is 27.5 Å². The van der Waals surface area contributed by atoms with E-state index in [1.54, 1.807) is 0 Å². The second kappa shape index (κ2) is 6.02. The zero-order valence-electron chi connectivity index (χ0n) is 10.3. The lowest BCUT2D eigenvalue weighted by molar-refractivity contribution is 0.598. The fourth-order valence-corrected chi connectivity index (χ4v) is 3.78. The minimum atomic E-state index is -4.08. The van der Waals surface area contributed by atoms with E-state index in [0.29, 0.717) is 0 Å². The molecule has 0 radical (unpaired) electrons. The van der Waals surface area contributed by atoms with Gasteiger partial charge in [0.05, 0.1) is 22.3 Å². The molecule has 0 heterocycles. The molecule has 1 N–H and O–H groups in total. The third kappa shape index (κ3) is 3.35. The zero-order valence-corrected chi connectivity index (χ0v) is 13.4. The SMILES string of the molecule is N#Cc1ccc(S(=O)(=O)Nc2c(F)cccc2Br)c(Cl)c1. The van der Waals surface area contributed by atoms with E-state index in [2.05, 4.69) is 20.7 Å². The normalized spacial score (nSPS) is 11.0. The van der Waals surface area contributed by atoms with Gasteiger partial charge >= 0.3 is 0 Å². The maximum Gasteiger partial charge on any atom is 0.263 e. The molecule has 0 amide bonds. The molecule has 0 atom stereocenters. The van der Waals surface area contributed by atoms with Gasteiger partial charge in [0.15, 0.2) is 0 Å². The van der Waals surface area contributed by atoms with Crippen molar-refractivity contribution in [3.63, 3.8) is 0 Å². The van der Waals surface area contributed by atoms with Crippen molar-refractivity contribution in [1.82, 2.24) is 0 Å². The van der Waals surface area contributed by atoms with Gasteiger partial charge in [-0.25, -0.2) is 12.8 Å². The van der Waals surface area contributed by atoms with Gasteiger partial charge in [-0.2, -0.15) is 5.26 Å². The molecule has 2 aromatic rings. The molecule has 0 aliphatic heterocycles. The summed E-state index contributed by atoms with van der Waals surface area (Å²) in [7, 11) is -4.08. The molecule has 0 unspecified atom stereocenters. The maximum absolute atomic E-state index is 13.7. The summed E-state index contributed by atoms with van der Waals surface area (Å²) in [6.07, 6.45) is 0. The van der Waals surface area contributed by atoms with Gasteiger partial charge in [0.1, 0.15) is 10.7 Å². The number of rotatable bonds is 3. The summed E-state index contributed by atoms with van der Waals surface area (Å²) < 4.78 is 40.6. The highest BCUT2D eigenvalue weighted by atomic mass is 79.9. The summed E-state index contributed by atoms with van der Waals surface area (Å²) in [4.78, 5) is -0.238. The first-order valence-corrected chi connectivity index (χ1v) is 8.17. The topological polar surface area (TPSA) is 70.0 Å². The highest BCUT2D eigenvalue weighted by molar-refractivity contribution is 9.10. The number of anilines is 1. The minimum Gasteiger partial charge on any atom is -0.275 e. The van der Waals surface area contributed by atoms with Crippen LogP contribution in [0.3, 0.4) is 0 Å². The van der Waals surface area contributed by atoms with E-state index in [1.165, 1.54) is 30.3 Å². The predicted octanol–water partition coefficient (Wildman–Crippen LogP) is 3.91. The molecular weight excluding hydrogens is 383 g/mol. The van der Waals surface area contributed by atoms with Crippen molar-refractivity contribution in [3.8, 4) is 6.07 Å². The minimum absolute atomic E-state index is 0.117. The first-order chi connectivity index (χ1) is 9.85. The number of para-hydroxylation sites is 1. The maximum atomic E-state index is 13.7. The van der Waals surface area contributed by atoms with Gasteiger partial charge in [0.2, 0.25) is 0 Å². The van der Waals surface area contributed by atoms with E-state index in [1.807, 2.05) is 6.07 Å². The van der Waals surface area contributed by atoms with Crippen LogP contribution in [0.2, 0.25) is 5.02 Å². The van der Waals surface area contributed by atoms with E-state index in [9.17, 15) is 12.8 Å². The molecule has 0 aliphatic carbocycles. The highest BCUT2D eigenvalue weighted by Crippen LogP contribution is 2.30. The lowest BCUT2D eigenvalue weighted by Crippen LogP contribution is -2.15. The molecule has 0 aliphatic rings. The number of nitriles is 1. The van der Waals surface area contributed by atoms with E-state index < -0.39 is 15.8 Å². The van der Waals surface area contributed by atoms with Gasteiger partial charge < -0.3 is 0 Å². The summed E-state index contributed by atoms with van der Waals surface area (Å²) in [6, 6.07) is 9.65. The lowest BCUT2D eigenvalue weighted by atomic mass is 10.2. The van der Waals surface area contributed by atoms with Crippen LogP contribution in [0.15, 0.2) is 45.8 Å². The summed E-state index contributed by atoms with van der Waals surface area (Å²) >= 11 is 8.93. The largest absolute Gasteiger partial charge is 0.275 e. The van der Waals surface area contributed by atoms with Gasteiger partial charge in [-0.15, -0.1) is 0 Å². The van der Waals surface area contributed by atoms with Crippen LogP contribution in [0.4, 0.5) is 10.1 Å². The monoisotopic (exact) mass is 388 g/mol. The van der Waals surface area contributed by atoms with Crippen LogP contribution in [0, 0.1) is 17.1 Å². The predicted molar refractivity (Wildman–Crippen MR) is 81.1 cm³/mol. The number of hydrogen-bond donors (Lipinski definition) is 1. The second-order valence-electron chi connectivity index (χ2n) is 3.96. The van der Waals surface area contributed by atoms with Crippen LogP contribution in [0.1, 0.15) is 5.56 Å². The first kappa shape index (κ1) is 15.8. The molecule has 21 heavy (non-hydrogen) atoms. The lowest BCUT2D eigenvalue weighted by Gasteiger charge is -2.11. The Hall–Kier alpha value is -1.62. The van der Waals surface area contributed by atoms with Crippen molar-refractivity contribution in [1.29, 1.82) is 5.26 Å². The Morgan fingerprint density at radius 3 is 2.57 bits per heavy atom. The molecule has 4 nitrogen and oxygen atoms in total. The Morgan fingerprint density at radius 2 is 2.00 bits per heavy atom. The number of benzene rings is 2. The standard InChI is InChI=1S/C13H7BrClFN2O2S/c14-9-2-1-3-11(16)13(9)18-21(19,20)12-5-4-8(7-17)6-10(12)15/h1-6,18H. The van der Waals surface area contributed by atoms with Gasteiger partial charge in [-0.3, -0.25) is 4.72 Å². The van der Waals surface area contributed by atoms with Crippen LogP contribution in [-0.4, -0.2) is 8.42 Å². The summed E-state index contributed by atoms with van der Waals surface area (Å²) in [5.41, 5.74) is 0.0175. The molecule has 0 aromatic heterocycles. The summed E-state index contributed by atoms with van der Waals surface area (Å²) in [5, 5.41) is 8.62. The van der Waals surface area contributed by atoms with E-state index in [0.717, 1.165) is 6.07 Å². The van der Waals surface area contributed by atoms with Crippen molar-refractivity contribution in [2.45, 2.75) is 4.90 Å². The smallest absolute Gasteiger partial charge is 0.263 e. The average molecular weight is 390 g/mol. The molecule has 2 rings (SSSR count). The quantitative estimate of drug-likeness (QED) is 0.865. The molecule has 0 saturated carbocycles. The van der Waals surface area contributed by atoms with Gasteiger partial charge in [-0.05, 0) is 46.3 Å². The molecular formula is C13H7BrClFN2O2S. The van der Waals surface area contributed by atoms with Crippen molar-refractivity contribution in [2.24, 2.45) is 0 Å². The number of nitrogens with one attached hydrogen (secondary N) is 1. The molecule has 0 fully saturated rings. The van der Waals surface area contributed by atoms with Crippen LogP contribution in [0.5, 0.6) is 0 Å². The third-order valence-electron chi connectivity index (χ3n) is 2.55. The van der Waals surface area contributed by atoms with Crippen molar-refractivity contribution >= 4 is 43.2 Å². The Balaban J connectivity index is 2.47. The van der Waals surface area contributed by atoms with E-state index in [4.69, 9.17) is 16.9 Å². The number of sulfonamides is 1. The van der Waals surface area contributed by atoms with E-state index in [-0.39, 0.29) is 25.6 Å². The van der Waals surface area contributed by atoms with Gasteiger partial charge in [-0.1, -0.05) is 17.7 Å². The fraction of sp³-hybridized carbons (Fsp3) is 0. The first-order valence-electron chi connectivity index (χ1n) is 5.51. The second-order valence-corrected chi connectivity index (χ2v) is 6.87. The van der Waals surface area contributed by atoms with Crippen LogP contribution in [-0.2, 0) is 10.0 Å². The molecule has 0 saturated heterocycles. The molecule has 0 spiro atoms. The number of nitrogens with zero attached hydrogens (tertiary/aromatic N) is 1. The van der Waals surface area contributed by atoms with Gasteiger partial charge in [0.25, 0.3) is 10.0 Å². The van der Waals surface area contributed by atoms with Crippen LogP contribution < -0.4 is 4.72 Å². The Bertz CT molecular complexity index is 829. The molecule has 2 aromatic carbocycles. The summed E-state index contributed by atoms with van der Waals surface area (Å²) in [5.74, 6) is -0.724. The summed E-state index contributed by atoms with van der Waals surface area (Å²) in [6.45, 7) is 0. The number of hydrogen-bond acceptors (Lipinski definition) is 3. The Morgan fingerprint density at radius 1 is 1.29 bits per heavy atom. The molecule has 108 valence electrons.